The monoisotopic (exact) mass is 856 g/mol. The van der Waals surface area contributed by atoms with Crippen LogP contribution in [0.4, 0.5) is 34.1 Å². The molecule has 0 radical (unpaired) electrons. The second-order valence-corrected chi connectivity index (χ2v) is 18.7. The number of nitrogens with zero attached hydrogens (tertiary/aromatic N) is 4. The zero-order chi connectivity index (χ0) is 44.1. The van der Waals surface area contributed by atoms with Gasteiger partial charge in [-0.25, -0.2) is 0 Å². The number of benzene rings is 8. The third-order valence-corrected chi connectivity index (χ3v) is 14.9. The summed E-state index contributed by atoms with van der Waals surface area (Å²) < 4.78 is 5.40. The minimum absolute atomic E-state index is 0.512. The lowest BCUT2D eigenvalue weighted by Gasteiger charge is -2.26. The first-order valence-corrected chi connectivity index (χ1v) is 24.3. The van der Waals surface area contributed by atoms with Crippen LogP contribution in [0.3, 0.4) is 0 Å². The summed E-state index contributed by atoms with van der Waals surface area (Å²) >= 11 is 0. The summed E-state index contributed by atoms with van der Waals surface area (Å²) in [6.07, 6.45) is 10.1. The van der Waals surface area contributed by atoms with E-state index in [1.165, 1.54) is 118 Å². The highest BCUT2D eigenvalue weighted by Crippen LogP contribution is 2.51. The molecule has 4 nitrogen and oxygen atoms in total. The van der Waals surface area contributed by atoms with E-state index in [2.05, 4.69) is 227 Å². The van der Waals surface area contributed by atoms with Gasteiger partial charge in [-0.15, -0.1) is 0 Å². The van der Waals surface area contributed by atoms with Gasteiger partial charge in [0.15, 0.2) is 0 Å². The van der Waals surface area contributed by atoms with Gasteiger partial charge in [0.1, 0.15) is 0 Å². The van der Waals surface area contributed by atoms with Crippen molar-refractivity contribution in [3.8, 4) is 11.4 Å². The highest BCUT2D eigenvalue weighted by atomic mass is 15.1. The van der Waals surface area contributed by atoms with Crippen molar-refractivity contribution in [1.29, 1.82) is 0 Å². The maximum Gasteiger partial charge on any atom is 0.0620 e. The Kier molecular flexibility index (Phi) is 10.3. The predicted octanol–water partition coefficient (Wildman–Crippen LogP) is 17.6. The minimum Gasteiger partial charge on any atom is -0.312 e. The zero-order valence-corrected chi connectivity index (χ0v) is 38.1. The van der Waals surface area contributed by atoms with Crippen molar-refractivity contribution in [2.75, 3.05) is 9.80 Å². The van der Waals surface area contributed by atoms with Crippen molar-refractivity contribution < 1.29 is 0 Å². The maximum atomic E-state index is 2.70. The van der Waals surface area contributed by atoms with E-state index in [1.807, 2.05) is 0 Å². The highest BCUT2D eigenvalue weighted by Gasteiger charge is 2.33. The lowest BCUT2D eigenvalue weighted by Crippen LogP contribution is -2.10. The molecule has 66 heavy (non-hydrogen) atoms. The van der Waals surface area contributed by atoms with Crippen molar-refractivity contribution >= 4 is 66.7 Å². The van der Waals surface area contributed by atoms with E-state index >= 15 is 0 Å². The zero-order valence-electron chi connectivity index (χ0n) is 38.1. The Labute approximate surface area is 389 Å². The van der Waals surface area contributed by atoms with Crippen molar-refractivity contribution in [2.24, 2.45) is 0 Å². The van der Waals surface area contributed by atoms with Crippen LogP contribution in [0.5, 0.6) is 0 Å². The molecule has 0 spiro atoms. The van der Waals surface area contributed by atoms with E-state index in [9.17, 15) is 0 Å². The first kappa shape index (κ1) is 40.2. The van der Waals surface area contributed by atoms with Gasteiger partial charge < -0.3 is 18.9 Å². The summed E-state index contributed by atoms with van der Waals surface area (Å²) in [5.74, 6) is 1.02. The van der Waals surface area contributed by atoms with Crippen LogP contribution in [-0.2, 0) is 0 Å². The van der Waals surface area contributed by atoms with Crippen LogP contribution in [0, 0.1) is 13.8 Å². The Hall–Kier alpha value is -7.30. The van der Waals surface area contributed by atoms with E-state index in [0.717, 1.165) is 34.1 Å². The van der Waals surface area contributed by atoms with Crippen molar-refractivity contribution in [2.45, 2.75) is 77.0 Å². The number of anilines is 6. The SMILES string of the molecule is Cc1c(C2CCCC2)n(-c2ccc(N(c3ccccc3)c3ccccc3)cc2)c2c3ccccc3c3c(c(C)c(C4CCCC4)n3-c3ccc(N(c4ccccc4)c4ccccc4)cc3)c12. The molecular formula is C62H56N4. The first-order chi connectivity index (χ1) is 32.6. The average molecular weight is 857 g/mol. The molecule has 2 aromatic heterocycles. The summed E-state index contributed by atoms with van der Waals surface area (Å²) in [5, 5.41) is 5.49. The molecule has 2 aliphatic rings. The molecule has 0 unspecified atom stereocenters. The first-order valence-electron chi connectivity index (χ1n) is 24.3. The average Bonchev–Trinajstić information content (AvgIpc) is 4.21. The van der Waals surface area contributed by atoms with Crippen LogP contribution in [-0.4, -0.2) is 9.13 Å². The molecule has 0 saturated heterocycles. The molecule has 0 bridgehead atoms. The van der Waals surface area contributed by atoms with Crippen molar-refractivity contribution in [1.82, 2.24) is 9.13 Å². The summed E-state index contributed by atoms with van der Waals surface area (Å²) in [4.78, 5) is 4.73. The van der Waals surface area contributed by atoms with Gasteiger partial charge >= 0.3 is 0 Å². The van der Waals surface area contributed by atoms with Crippen molar-refractivity contribution in [3.63, 3.8) is 0 Å². The molecule has 2 heterocycles. The number of fused-ring (bicyclic) bond motifs is 6. The topological polar surface area (TPSA) is 16.3 Å². The van der Waals surface area contributed by atoms with Gasteiger partial charge in [0.05, 0.1) is 11.0 Å². The number of aromatic nitrogens is 2. The van der Waals surface area contributed by atoms with Gasteiger partial charge in [-0.05, 0) is 160 Å². The summed E-state index contributed by atoms with van der Waals surface area (Å²) in [5.41, 5.74) is 17.9. The van der Waals surface area contributed by atoms with Gasteiger partial charge in [-0.2, -0.15) is 0 Å². The molecule has 0 N–H and O–H groups in total. The molecule has 12 rings (SSSR count). The molecular weight excluding hydrogens is 801 g/mol. The Bertz CT molecular complexity index is 3000. The molecule has 8 aromatic carbocycles. The van der Waals surface area contributed by atoms with Gasteiger partial charge in [-0.3, -0.25) is 0 Å². The second-order valence-electron chi connectivity index (χ2n) is 18.7. The molecule has 2 fully saturated rings. The van der Waals surface area contributed by atoms with Gasteiger partial charge in [-0.1, -0.05) is 123 Å². The van der Waals surface area contributed by atoms with E-state index in [4.69, 9.17) is 0 Å². The Balaban J connectivity index is 1.09. The predicted molar refractivity (Wildman–Crippen MR) is 279 cm³/mol. The highest BCUT2D eigenvalue weighted by molar-refractivity contribution is 6.27. The molecule has 10 aromatic rings. The fraction of sp³-hybridized carbons (Fsp3) is 0.194. The largest absolute Gasteiger partial charge is 0.312 e. The summed E-state index contributed by atoms with van der Waals surface area (Å²) in [6.45, 7) is 4.90. The van der Waals surface area contributed by atoms with E-state index in [0.29, 0.717) is 11.8 Å². The smallest absolute Gasteiger partial charge is 0.0620 e. The minimum atomic E-state index is 0.512. The van der Waals surface area contributed by atoms with Crippen LogP contribution < -0.4 is 9.80 Å². The van der Waals surface area contributed by atoms with Crippen LogP contribution in [0.1, 0.15) is 85.7 Å². The fourth-order valence-corrected chi connectivity index (χ4v) is 12.0. The molecule has 0 atom stereocenters. The van der Waals surface area contributed by atoms with E-state index in [1.54, 1.807) is 0 Å². The third-order valence-electron chi connectivity index (χ3n) is 14.9. The van der Waals surface area contributed by atoms with Crippen LogP contribution in [0.2, 0.25) is 0 Å². The third kappa shape index (κ3) is 6.73. The molecule has 2 saturated carbocycles. The maximum absolute atomic E-state index is 2.70. The fourth-order valence-electron chi connectivity index (χ4n) is 12.0. The number of para-hydroxylation sites is 4. The van der Waals surface area contributed by atoms with Crippen LogP contribution >= 0.6 is 0 Å². The number of aryl methyl sites for hydroxylation is 2. The van der Waals surface area contributed by atoms with Crippen molar-refractivity contribution in [3.05, 3.63) is 217 Å². The normalized spacial score (nSPS) is 14.5. The standard InChI is InChI=1S/C62H56N4/c1-43-57-58-44(2)60(46-23-17-18-24-46)66(54-41-37-52(38-42-54)64(49-29-11-5-12-30-49)50-31-13-6-14-32-50)62(58)56-34-20-19-33-55(56)61(57)65(59(43)45-21-15-16-22-45)53-39-35-51(36-40-53)63(47-25-7-3-8-26-47)48-27-9-4-10-28-48/h3-14,19-20,25-42,45-46H,15-18,21-24H2,1-2H3. The van der Waals surface area contributed by atoms with E-state index in [-0.39, 0.29) is 0 Å². The summed E-state index contributed by atoms with van der Waals surface area (Å²) in [7, 11) is 0. The van der Waals surface area contributed by atoms with Gasteiger partial charge in [0, 0.05) is 78.4 Å². The Morgan fingerprint density at radius 1 is 0.333 bits per heavy atom. The molecule has 0 amide bonds. The Morgan fingerprint density at radius 3 is 0.909 bits per heavy atom. The second kappa shape index (κ2) is 16.9. The molecule has 2 aliphatic carbocycles. The van der Waals surface area contributed by atoms with Crippen LogP contribution in [0.15, 0.2) is 194 Å². The molecule has 4 heteroatoms. The molecule has 324 valence electrons. The number of hydrogen-bond acceptors (Lipinski definition) is 2. The lowest BCUT2D eigenvalue weighted by atomic mass is 9.94. The Morgan fingerprint density at radius 2 is 0.606 bits per heavy atom. The van der Waals surface area contributed by atoms with Gasteiger partial charge in [0.2, 0.25) is 0 Å². The van der Waals surface area contributed by atoms with E-state index < -0.39 is 0 Å². The van der Waals surface area contributed by atoms with Crippen LogP contribution in [0.25, 0.3) is 44.0 Å². The lowest BCUT2D eigenvalue weighted by molar-refractivity contribution is 0.678. The van der Waals surface area contributed by atoms with Gasteiger partial charge in [0.25, 0.3) is 0 Å². The number of hydrogen-bond donors (Lipinski definition) is 0. The summed E-state index contributed by atoms with van der Waals surface area (Å²) in [6, 6.07) is 71.1. The molecule has 0 aliphatic heterocycles. The quantitative estimate of drug-likeness (QED) is 0.136. The number of rotatable bonds is 10.